The fourth-order valence-electron chi connectivity index (χ4n) is 11.6. The van der Waals surface area contributed by atoms with Crippen molar-refractivity contribution in [2.75, 3.05) is 82.9 Å². The first kappa shape index (κ1) is 40.3. The van der Waals surface area contributed by atoms with Gasteiger partial charge in [-0.1, -0.05) is 6.07 Å². The van der Waals surface area contributed by atoms with Crippen LogP contribution in [0.4, 0.5) is 11.5 Å². The van der Waals surface area contributed by atoms with Gasteiger partial charge in [0.15, 0.2) is 0 Å². The maximum absolute atomic E-state index is 13.4. The summed E-state index contributed by atoms with van der Waals surface area (Å²) in [6.45, 7) is 10.7. The van der Waals surface area contributed by atoms with Crippen LogP contribution in [0, 0.1) is 16.7 Å². The van der Waals surface area contributed by atoms with Gasteiger partial charge in [0.2, 0.25) is 11.8 Å². The summed E-state index contributed by atoms with van der Waals surface area (Å²) < 4.78 is 13.8. The molecule has 14 heteroatoms. The Morgan fingerprint density at radius 3 is 2.16 bits per heavy atom. The summed E-state index contributed by atoms with van der Waals surface area (Å²) in [6, 6.07) is 11.9. The molecule has 1 unspecified atom stereocenters. The number of piperidine rings is 3. The number of nitrogens with one attached hydrogen (secondary N) is 1. The normalized spacial score (nSPS) is 23.3. The lowest BCUT2D eigenvalue weighted by molar-refractivity contribution is -0.136. The monoisotopic (exact) mass is 854 g/mol. The quantitative estimate of drug-likeness (QED) is 0.221. The SMILES string of the molecule is COc1cc(-c2cn(C)c(=O)c3cnc(N4CC5(CC5)C4)cc23)cc(OC)c1CN1CCC(CN2CCC3(CC2)CN(c2ccc4c(c2)C(=O)N(C2CCC(=O)NC2=O)C4)C3)CC1. The van der Waals surface area contributed by atoms with Crippen LogP contribution in [-0.4, -0.2) is 121 Å². The van der Waals surface area contributed by atoms with E-state index in [9.17, 15) is 19.2 Å². The maximum Gasteiger partial charge on any atom is 0.259 e. The molecule has 11 rings (SSSR count). The number of anilines is 2. The Morgan fingerprint density at radius 1 is 0.778 bits per heavy atom. The van der Waals surface area contributed by atoms with Crippen molar-refractivity contribution in [3.8, 4) is 22.6 Å². The second kappa shape index (κ2) is 15.4. The largest absolute Gasteiger partial charge is 0.496 e. The Morgan fingerprint density at radius 2 is 1.48 bits per heavy atom. The third-order valence-electron chi connectivity index (χ3n) is 15.8. The van der Waals surface area contributed by atoms with Gasteiger partial charge in [-0.05, 0) is 119 Å². The van der Waals surface area contributed by atoms with Crippen molar-refractivity contribution in [1.29, 1.82) is 0 Å². The molecule has 14 nitrogen and oxygen atoms in total. The highest BCUT2D eigenvalue weighted by Gasteiger charge is 2.53. The third kappa shape index (κ3) is 7.23. The molecule has 63 heavy (non-hydrogen) atoms. The molecule has 0 radical (unpaired) electrons. The number of imide groups is 1. The molecule has 1 atom stereocenters. The van der Waals surface area contributed by atoms with Gasteiger partial charge >= 0.3 is 0 Å². The molecule has 8 heterocycles. The first-order chi connectivity index (χ1) is 30.5. The van der Waals surface area contributed by atoms with Crippen LogP contribution in [0.2, 0.25) is 0 Å². The lowest BCUT2D eigenvalue weighted by Gasteiger charge is -2.55. The van der Waals surface area contributed by atoms with Crippen molar-refractivity contribution in [3.63, 3.8) is 0 Å². The highest BCUT2D eigenvalue weighted by Crippen LogP contribution is 2.54. The molecule has 1 saturated carbocycles. The molecule has 0 bridgehead atoms. The van der Waals surface area contributed by atoms with Crippen LogP contribution < -0.4 is 30.1 Å². The lowest BCUT2D eigenvalue weighted by atomic mass is 9.71. The van der Waals surface area contributed by atoms with Crippen molar-refractivity contribution in [3.05, 3.63) is 75.8 Å². The van der Waals surface area contributed by atoms with E-state index >= 15 is 0 Å². The summed E-state index contributed by atoms with van der Waals surface area (Å²) in [5, 5.41) is 3.90. The number of rotatable bonds is 10. The van der Waals surface area contributed by atoms with Crippen LogP contribution in [0.1, 0.15) is 72.9 Å². The molecule has 7 aliphatic rings. The number of aryl methyl sites for hydroxylation is 1. The number of benzene rings is 2. The average Bonchev–Trinajstić information content (AvgIpc) is 4.02. The van der Waals surface area contributed by atoms with Gasteiger partial charge in [-0.15, -0.1) is 0 Å². The molecule has 1 aliphatic carbocycles. The van der Waals surface area contributed by atoms with E-state index in [4.69, 9.17) is 14.5 Å². The Bertz CT molecular complexity index is 2550. The summed E-state index contributed by atoms with van der Waals surface area (Å²) >= 11 is 0. The Labute approximate surface area is 368 Å². The Balaban J connectivity index is 0.685. The van der Waals surface area contributed by atoms with E-state index in [1.807, 2.05) is 18.3 Å². The summed E-state index contributed by atoms with van der Waals surface area (Å²) in [6.07, 6.45) is 11.6. The number of hydrogen-bond acceptors (Lipinski definition) is 11. The Hall–Kier alpha value is -5.47. The molecule has 5 saturated heterocycles. The van der Waals surface area contributed by atoms with Gasteiger partial charge in [0.25, 0.3) is 11.5 Å². The molecule has 2 spiro atoms. The predicted molar refractivity (Wildman–Crippen MR) is 240 cm³/mol. The van der Waals surface area contributed by atoms with Gasteiger partial charge in [-0.25, -0.2) is 4.98 Å². The summed E-state index contributed by atoms with van der Waals surface area (Å²) in [4.78, 5) is 67.2. The zero-order chi connectivity index (χ0) is 43.2. The summed E-state index contributed by atoms with van der Waals surface area (Å²) in [5.74, 6) is 2.43. The van der Waals surface area contributed by atoms with E-state index in [1.165, 1.54) is 25.7 Å². The van der Waals surface area contributed by atoms with Gasteiger partial charge in [0, 0.05) is 105 Å². The van der Waals surface area contributed by atoms with Crippen LogP contribution in [-0.2, 0) is 29.7 Å². The zero-order valence-corrected chi connectivity index (χ0v) is 36.8. The zero-order valence-electron chi connectivity index (χ0n) is 36.8. The second-order valence-corrected chi connectivity index (χ2v) is 19.9. The van der Waals surface area contributed by atoms with E-state index in [-0.39, 0.29) is 29.7 Å². The standard InChI is InChI=1S/C49H58N8O6/c1-52-25-38(36-21-43(50-22-37(36)46(52)60)56-29-48(30-56)10-11-48)33-18-41(62-2)39(42(19-33)63-3)26-53-14-8-31(9-15-53)23-54-16-12-49(13-17-54)27-55(28-49)34-5-4-32-24-57(47(61)35(32)20-34)40-6-7-44(58)51-45(40)59/h4-5,18-22,25,31,40H,6-17,23-24,26-30H2,1-3H3,(H,51,58,59). The number of pyridine rings is 2. The first-order valence-electron chi connectivity index (χ1n) is 23.0. The molecule has 6 aliphatic heterocycles. The van der Waals surface area contributed by atoms with Crippen LogP contribution in [0.3, 0.4) is 0 Å². The number of hydrogen-bond donors (Lipinski definition) is 1. The molecule has 1 N–H and O–H groups in total. The Kier molecular flexibility index (Phi) is 9.83. The molecular weight excluding hydrogens is 797 g/mol. The van der Waals surface area contributed by atoms with Gasteiger partial charge in [-0.3, -0.25) is 29.4 Å². The van der Waals surface area contributed by atoms with Gasteiger partial charge in [0.05, 0.1) is 25.2 Å². The number of amides is 3. The van der Waals surface area contributed by atoms with Crippen molar-refractivity contribution in [2.45, 2.75) is 70.5 Å². The molecular formula is C49H58N8O6. The van der Waals surface area contributed by atoms with Gasteiger partial charge in [0.1, 0.15) is 23.4 Å². The van der Waals surface area contributed by atoms with E-state index < -0.39 is 6.04 Å². The van der Waals surface area contributed by atoms with Crippen LogP contribution in [0.25, 0.3) is 21.9 Å². The fourth-order valence-corrected chi connectivity index (χ4v) is 11.6. The van der Waals surface area contributed by atoms with Crippen molar-refractivity contribution in [1.82, 2.24) is 29.6 Å². The summed E-state index contributed by atoms with van der Waals surface area (Å²) in [5.41, 5.74) is 6.44. The van der Waals surface area contributed by atoms with Crippen LogP contribution in [0.15, 0.2) is 53.6 Å². The number of aromatic nitrogens is 2. The molecule has 330 valence electrons. The second-order valence-electron chi connectivity index (χ2n) is 19.9. The molecule has 2 aromatic carbocycles. The van der Waals surface area contributed by atoms with Crippen molar-refractivity contribution in [2.24, 2.45) is 23.8 Å². The molecule has 2 aromatic heterocycles. The third-order valence-corrected chi connectivity index (χ3v) is 15.8. The fraction of sp³-hybridized carbons (Fsp3) is 0.531. The van der Waals surface area contributed by atoms with Gasteiger partial charge in [-0.2, -0.15) is 0 Å². The minimum absolute atomic E-state index is 0.0558. The van der Waals surface area contributed by atoms with Crippen LogP contribution >= 0.6 is 0 Å². The molecule has 6 fully saturated rings. The number of ether oxygens (including phenoxy) is 2. The number of fused-ring (bicyclic) bond motifs is 2. The van der Waals surface area contributed by atoms with E-state index in [0.29, 0.717) is 40.7 Å². The highest BCUT2D eigenvalue weighted by atomic mass is 16.5. The van der Waals surface area contributed by atoms with Crippen molar-refractivity contribution < 1.29 is 23.9 Å². The average molecular weight is 855 g/mol. The first-order valence-corrected chi connectivity index (χ1v) is 23.0. The lowest BCUT2D eigenvalue weighted by Crippen LogP contribution is -2.60. The highest BCUT2D eigenvalue weighted by molar-refractivity contribution is 6.05. The number of nitrogens with zero attached hydrogens (tertiary/aromatic N) is 7. The number of carbonyl (C=O) groups excluding carboxylic acids is 3. The minimum atomic E-state index is -0.590. The van der Waals surface area contributed by atoms with E-state index in [2.05, 4.69) is 49.2 Å². The molecule has 4 aromatic rings. The van der Waals surface area contributed by atoms with Gasteiger partial charge < -0.3 is 33.6 Å². The summed E-state index contributed by atoms with van der Waals surface area (Å²) in [7, 11) is 5.25. The van der Waals surface area contributed by atoms with Crippen molar-refractivity contribution >= 4 is 40.0 Å². The number of methoxy groups -OCH3 is 2. The minimum Gasteiger partial charge on any atom is -0.496 e. The number of carbonyl (C=O) groups is 3. The van der Waals surface area contributed by atoms with E-state index in [1.54, 1.807) is 36.9 Å². The number of likely N-dealkylation sites (tertiary alicyclic amines) is 2. The molecule has 3 amide bonds. The predicted octanol–water partition coefficient (Wildman–Crippen LogP) is 4.79. The van der Waals surface area contributed by atoms with E-state index in [0.717, 1.165) is 129 Å². The smallest absolute Gasteiger partial charge is 0.259 e. The van der Waals surface area contributed by atoms with Crippen LogP contribution in [0.5, 0.6) is 11.5 Å². The topological polar surface area (TPSA) is 133 Å². The maximum atomic E-state index is 13.4.